The zero-order valence-electron chi connectivity index (χ0n) is 19.0. The molecule has 0 radical (unpaired) electrons. The summed E-state index contributed by atoms with van der Waals surface area (Å²) in [5.41, 5.74) is 0.221. The highest BCUT2D eigenvalue weighted by Gasteiger charge is 2.47. The Morgan fingerprint density at radius 3 is 2.49 bits per heavy atom. The van der Waals surface area contributed by atoms with Crippen molar-refractivity contribution in [2.24, 2.45) is 5.92 Å². The smallest absolute Gasteiger partial charge is 0.381 e. The van der Waals surface area contributed by atoms with Gasteiger partial charge in [-0.15, -0.1) is 0 Å². The number of nitrogens with one attached hydrogen (secondary N) is 2. The number of alkyl halides is 3. The number of ether oxygens (including phenoxy) is 1. The monoisotopic (exact) mass is 498 g/mol. The van der Waals surface area contributed by atoms with Gasteiger partial charge < -0.3 is 20.3 Å². The minimum atomic E-state index is -4.45. The van der Waals surface area contributed by atoms with E-state index in [2.05, 4.69) is 15.6 Å². The summed E-state index contributed by atoms with van der Waals surface area (Å²) in [5, 5.41) is 5.77. The number of aromatic nitrogens is 1. The van der Waals surface area contributed by atoms with Gasteiger partial charge in [0.1, 0.15) is 23.5 Å². The highest BCUT2D eigenvalue weighted by atomic mass is 19.4. The number of pyridine rings is 1. The van der Waals surface area contributed by atoms with E-state index >= 15 is 0 Å². The number of anilines is 3. The summed E-state index contributed by atoms with van der Waals surface area (Å²) in [6.07, 6.45) is -2.76. The highest BCUT2D eigenvalue weighted by Crippen LogP contribution is 2.38. The quantitative estimate of drug-likeness (QED) is 0.531. The molecule has 2 aliphatic heterocycles. The molecule has 3 heterocycles. The summed E-state index contributed by atoms with van der Waals surface area (Å²) >= 11 is 0. The maximum atomic E-state index is 13.7. The van der Waals surface area contributed by atoms with E-state index < -0.39 is 29.8 Å². The van der Waals surface area contributed by atoms with Gasteiger partial charge in [-0.2, -0.15) is 13.2 Å². The molecule has 0 saturated carbocycles. The third kappa shape index (κ3) is 6.59. The third-order valence-electron chi connectivity index (χ3n) is 6.25. The Morgan fingerprint density at radius 2 is 1.80 bits per heavy atom. The van der Waals surface area contributed by atoms with E-state index in [-0.39, 0.29) is 36.5 Å². The Bertz CT molecular complexity index is 1020. The molecule has 4 rings (SSSR count). The van der Waals surface area contributed by atoms with E-state index in [9.17, 15) is 26.7 Å². The van der Waals surface area contributed by atoms with Crippen molar-refractivity contribution in [3.63, 3.8) is 0 Å². The van der Waals surface area contributed by atoms with Gasteiger partial charge in [0.2, 0.25) is 5.91 Å². The fourth-order valence-corrected chi connectivity index (χ4v) is 4.52. The fourth-order valence-electron chi connectivity index (χ4n) is 4.52. The molecule has 6 nitrogen and oxygen atoms in total. The van der Waals surface area contributed by atoms with Crippen molar-refractivity contribution >= 4 is 23.2 Å². The number of carbonyl (C=O) groups excluding carboxylic acids is 1. The second kappa shape index (κ2) is 10.8. The molecular weight excluding hydrogens is 471 g/mol. The van der Waals surface area contributed by atoms with Crippen LogP contribution in [0.25, 0.3) is 0 Å². The first-order valence-corrected chi connectivity index (χ1v) is 11.6. The lowest BCUT2D eigenvalue weighted by Gasteiger charge is -2.29. The molecule has 11 heteroatoms. The van der Waals surface area contributed by atoms with Gasteiger partial charge in [-0.25, -0.2) is 13.8 Å². The van der Waals surface area contributed by atoms with E-state index in [0.29, 0.717) is 44.0 Å². The molecule has 1 aromatic heterocycles. The minimum Gasteiger partial charge on any atom is -0.381 e. The molecule has 1 aromatic carbocycles. The molecular formula is C24H27F5N4O2. The molecule has 2 fully saturated rings. The molecule has 2 aliphatic rings. The number of rotatable bonds is 7. The lowest BCUT2D eigenvalue weighted by molar-refractivity contribution is -0.146. The fraction of sp³-hybridized carbons (Fsp3) is 0.500. The van der Waals surface area contributed by atoms with Crippen molar-refractivity contribution in [3.05, 3.63) is 47.5 Å². The van der Waals surface area contributed by atoms with Crippen LogP contribution in [0.3, 0.4) is 0 Å². The molecule has 2 aromatic rings. The van der Waals surface area contributed by atoms with E-state index in [1.807, 2.05) is 0 Å². The minimum absolute atomic E-state index is 0.0144. The number of carbonyl (C=O) groups is 1. The normalized spacial score (nSPS) is 19.1. The van der Waals surface area contributed by atoms with E-state index in [0.717, 1.165) is 29.9 Å². The zero-order chi connectivity index (χ0) is 25.0. The van der Waals surface area contributed by atoms with Gasteiger partial charge in [-0.3, -0.25) is 4.79 Å². The van der Waals surface area contributed by atoms with Gasteiger partial charge in [0, 0.05) is 32.4 Å². The number of benzene rings is 1. The molecule has 2 saturated heterocycles. The number of nitrogens with zero attached hydrogens (tertiary/aromatic N) is 2. The first kappa shape index (κ1) is 25.2. The molecule has 1 unspecified atom stereocenters. The highest BCUT2D eigenvalue weighted by molar-refractivity contribution is 5.95. The number of amides is 1. The van der Waals surface area contributed by atoms with Gasteiger partial charge in [0.15, 0.2) is 5.82 Å². The van der Waals surface area contributed by atoms with Crippen molar-refractivity contribution in [2.45, 2.75) is 44.3 Å². The summed E-state index contributed by atoms with van der Waals surface area (Å²) < 4.78 is 73.4. The summed E-state index contributed by atoms with van der Waals surface area (Å²) in [6.45, 7) is 2.09. The molecule has 190 valence electrons. The average molecular weight is 498 g/mol. The number of hydrogen-bond acceptors (Lipinski definition) is 5. The molecule has 1 atom stereocenters. The van der Waals surface area contributed by atoms with Gasteiger partial charge in [-0.05, 0) is 61.4 Å². The van der Waals surface area contributed by atoms with Crippen LogP contribution in [0.15, 0.2) is 30.3 Å². The van der Waals surface area contributed by atoms with E-state index in [1.165, 1.54) is 6.07 Å². The SMILES string of the molecule is O=C(Cc1cc(F)cc(F)c1)Nc1ccc(NCC2CCOCC2)nc1N1CCCC1C(F)(F)F. The molecule has 0 aliphatic carbocycles. The predicted octanol–water partition coefficient (Wildman–Crippen LogP) is 4.91. The van der Waals surface area contributed by atoms with Crippen LogP contribution < -0.4 is 15.5 Å². The summed E-state index contributed by atoms with van der Waals surface area (Å²) in [6, 6.07) is 4.15. The van der Waals surface area contributed by atoms with E-state index in [1.54, 1.807) is 6.07 Å². The Morgan fingerprint density at radius 1 is 1.09 bits per heavy atom. The third-order valence-corrected chi connectivity index (χ3v) is 6.25. The largest absolute Gasteiger partial charge is 0.408 e. The second-order valence-corrected chi connectivity index (χ2v) is 8.90. The second-order valence-electron chi connectivity index (χ2n) is 8.90. The van der Waals surface area contributed by atoms with Crippen LogP contribution in [0, 0.1) is 17.6 Å². The Balaban J connectivity index is 1.55. The predicted molar refractivity (Wildman–Crippen MR) is 121 cm³/mol. The number of hydrogen-bond donors (Lipinski definition) is 2. The number of halogens is 5. The Labute approximate surface area is 199 Å². The van der Waals surface area contributed by atoms with Crippen LogP contribution in [0.1, 0.15) is 31.2 Å². The topological polar surface area (TPSA) is 66.5 Å². The van der Waals surface area contributed by atoms with E-state index in [4.69, 9.17) is 4.74 Å². The van der Waals surface area contributed by atoms with Crippen LogP contribution in [0.5, 0.6) is 0 Å². The first-order chi connectivity index (χ1) is 16.7. The Hall–Kier alpha value is -2.95. The molecule has 35 heavy (non-hydrogen) atoms. The van der Waals surface area contributed by atoms with Crippen LogP contribution >= 0.6 is 0 Å². The first-order valence-electron chi connectivity index (χ1n) is 11.6. The van der Waals surface area contributed by atoms with Crippen LogP contribution in [-0.4, -0.2) is 49.4 Å². The summed E-state index contributed by atoms with van der Waals surface area (Å²) in [4.78, 5) is 18.2. The Kier molecular flexibility index (Phi) is 7.73. The van der Waals surface area contributed by atoms with Crippen molar-refractivity contribution in [2.75, 3.05) is 41.8 Å². The lowest BCUT2D eigenvalue weighted by Crippen LogP contribution is -2.42. The van der Waals surface area contributed by atoms with Gasteiger partial charge in [0.25, 0.3) is 0 Å². The molecule has 0 bridgehead atoms. The summed E-state index contributed by atoms with van der Waals surface area (Å²) in [5.74, 6) is -1.47. The van der Waals surface area contributed by atoms with Crippen LogP contribution in [-0.2, 0) is 16.0 Å². The van der Waals surface area contributed by atoms with Crippen molar-refractivity contribution < 1.29 is 31.5 Å². The maximum Gasteiger partial charge on any atom is 0.408 e. The average Bonchev–Trinajstić information content (AvgIpc) is 3.29. The van der Waals surface area contributed by atoms with Crippen molar-refractivity contribution in [3.8, 4) is 0 Å². The van der Waals surface area contributed by atoms with Crippen molar-refractivity contribution in [1.29, 1.82) is 0 Å². The van der Waals surface area contributed by atoms with Gasteiger partial charge in [0.05, 0.1) is 12.1 Å². The molecule has 2 N–H and O–H groups in total. The van der Waals surface area contributed by atoms with Crippen LogP contribution in [0.2, 0.25) is 0 Å². The molecule has 0 spiro atoms. The lowest BCUT2D eigenvalue weighted by atomic mass is 10.0. The zero-order valence-corrected chi connectivity index (χ0v) is 19.0. The maximum absolute atomic E-state index is 13.7. The van der Waals surface area contributed by atoms with Gasteiger partial charge in [-0.1, -0.05) is 0 Å². The van der Waals surface area contributed by atoms with Crippen molar-refractivity contribution in [1.82, 2.24) is 4.98 Å². The standard InChI is InChI=1S/C24H27F5N4O2/c25-17-10-16(11-18(26)13-17)12-22(34)31-19-3-4-21(30-14-15-5-8-35-9-6-15)32-23(19)33-7-1-2-20(33)24(27,28)29/h3-4,10-11,13,15,20H,1-2,5-9,12,14H2,(H,30,32)(H,31,34). The summed E-state index contributed by atoms with van der Waals surface area (Å²) in [7, 11) is 0. The van der Waals surface area contributed by atoms with Crippen LogP contribution in [0.4, 0.5) is 39.3 Å². The molecule has 1 amide bonds. The van der Waals surface area contributed by atoms with Gasteiger partial charge >= 0.3 is 6.18 Å².